The third-order valence-electron chi connectivity index (χ3n) is 3.41. The quantitative estimate of drug-likeness (QED) is 0.853. The lowest BCUT2D eigenvalue weighted by Gasteiger charge is -2.16. The van der Waals surface area contributed by atoms with Crippen LogP contribution in [0.4, 0.5) is 0 Å². The molecule has 3 heteroatoms. The monoisotopic (exact) mass is 222 g/mol. The van der Waals surface area contributed by atoms with Crippen molar-refractivity contribution in [1.29, 1.82) is 0 Å². The van der Waals surface area contributed by atoms with Crippen LogP contribution in [0.1, 0.15) is 62.5 Å². The summed E-state index contributed by atoms with van der Waals surface area (Å²) in [5.41, 5.74) is 0. The summed E-state index contributed by atoms with van der Waals surface area (Å²) in [5, 5.41) is 3.07. The normalized spacial score (nSPS) is 19.3. The van der Waals surface area contributed by atoms with E-state index in [-0.39, 0.29) is 0 Å². The number of nitrogens with zero attached hydrogens (tertiary/aromatic N) is 1. The van der Waals surface area contributed by atoms with Crippen LogP contribution < -0.4 is 5.32 Å². The summed E-state index contributed by atoms with van der Waals surface area (Å²) in [4.78, 5) is 4.31. The Morgan fingerprint density at radius 3 is 2.62 bits per heavy atom. The number of aromatic nitrogens is 1. The Balaban J connectivity index is 1.97. The molecule has 2 rings (SSSR count). The molecule has 1 aliphatic rings. The summed E-state index contributed by atoms with van der Waals surface area (Å²) in [7, 11) is 1.92. The number of hydrogen-bond donors (Lipinski definition) is 1. The highest BCUT2D eigenvalue weighted by Gasteiger charge is 2.17. The van der Waals surface area contributed by atoms with Crippen molar-refractivity contribution in [2.45, 2.75) is 57.4 Å². The second-order valence-corrected chi connectivity index (χ2v) is 4.73. The molecule has 0 atom stereocenters. The minimum absolute atomic E-state index is 0.610. The van der Waals surface area contributed by atoms with Gasteiger partial charge in [0.15, 0.2) is 0 Å². The maximum Gasteiger partial charge on any atom is 0.208 e. The van der Waals surface area contributed by atoms with Gasteiger partial charge in [0.2, 0.25) is 5.89 Å². The second kappa shape index (κ2) is 6.04. The number of hydrogen-bond acceptors (Lipinski definition) is 3. The van der Waals surface area contributed by atoms with Crippen molar-refractivity contribution in [2.24, 2.45) is 0 Å². The van der Waals surface area contributed by atoms with Gasteiger partial charge in [0, 0.05) is 5.92 Å². The highest BCUT2D eigenvalue weighted by atomic mass is 16.4. The summed E-state index contributed by atoms with van der Waals surface area (Å²) in [6, 6.07) is 0. The van der Waals surface area contributed by atoms with Gasteiger partial charge in [-0.25, -0.2) is 4.98 Å². The maximum atomic E-state index is 5.79. The lowest BCUT2D eigenvalue weighted by Crippen LogP contribution is -2.05. The molecule has 16 heavy (non-hydrogen) atoms. The molecule has 1 fully saturated rings. The third kappa shape index (κ3) is 3.08. The largest absolute Gasteiger partial charge is 0.444 e. The molecule has 1 heterocycles. The van der Waals surface area contributed by atoms with Crippen molar-refractivity contribution in [3.8, 4) is 0 Å². The summed E-state index contributed by atoms with van der Waals surface area (Å²) in [6.07, 6.45) is 11.3. The van der Waals surface area contributed by atoms with Crippen LogP contribution in [0.5, 0.6) is 0 Å². The topological polar surface area (TPSA) is 38.1 Å². The molecule has 1 aliphatic carbocycles. The fourth-order valence-corrected chi connectivity index (χ4v) is 2.49. The predicted octanol–water partition coefficient (Wildman–Crippen LogP) is 3.22. The molecule has 0 aromatic carbocycles. The van der Waals surface area contributed by atoms with Gasteiger partial charge in [-0.05, 0) is 19.9 Å². The Hall–Kier alpha value is -0.830. The van der Waals surface area contributed by atoms with Gasteiger partial charge in [0.05, 0.1) is 12.7 Å². The Kier molecular flexibility index (Phi) is 4.40. The van der Waals surface area contributed by atoms with Crippen LogP contribution in [0.3, 0.4) is 0 Å². The Bertz CT molecular complexity index is 301. The molecule has 0 amide bonds. The van der Waals surface area contributed by atoms with E-state index < -0.39 is 0 Å². The smallest absolute Gasteiger partial charge is 0.208 e. The zero-order chi connectivity index (χ0) is 11.2. The molecule has 0 bridgehead atoms. The molecule has 0 radical (unpaired) electrons. The average Bonchev–Trinajstić information content (AvgIpc) is 2.66. The highest BCUT2D eigenvalue weighted by molar-refractivity contribution is 5.02. The van der Waals surface area contributed by atoms with Crippen LogP contribution in [0.15, 0.2) is 10.6 Å². The summed E-state index contributed by atoms with van der Waals surface area (Å²) in [6.45, 7) is 0.729. The Morgan fingerprint density at radius 2 is 1.94 bits per heavy atom. The summed E-state index contributed by atoms with van der Waals surface area (Å²) in [5.74, 6) is 2.53. The van der Waals surface area contributed by atoms with Crippen LogP contribution in [-0.2, 0) is 6.54 Å². The molecular formula is C13H22N2O. The van der Waals surface area contributed by atoms with Gasteiger partial charge in [0.25, 0.3) is 0 Å². The zero-order valence-electron chi connectivity index (χ0n) is 10.2. The van der Waals surface area contributed by atoms with E-state index in [2.05, 4.69) is 10.3 Å². The second-order valence-electron chi connectivity index (χ2n) is 4.73. The van der Waals surface area contributed by atoms with Crippen LogP contribution in [0.2, 0.25) is 0 Å². The van der Waals surface area contributed by atoms with Gasteiger partial charge in [-0.2, -0.15) is 0 Å². The first-order chi connectivity index (χ1) is 7.90. The zero-order valence-corrected chi connectivity index (χ0v) is 10.2. The molecule has 0 spiro atoms. The van der Waals surface area contributed by atoms with E-state index in [1.165, 1.54) is 44.9 Å². The third-order valence-corrected chi connectivity index (χ3v) is 3.41. The van der Waals surface area contributed by atoms with Gasteiger partial charge in [-0.15, -0.1) is 0 Å². The first kappa shape index (κ1) is 11.6. The molecule has 1 N–H and O–H groups in total. The van der Waals surface area contributed by atoms with Crippen molar-refractivity contribution in [3.63, 3.8) is 0 Å². The molecule has 0 aliphatic heterocycles. The SMILES string of the molecule is CNCc1ncc(C2CCCCCCC2)o1. The van der Waals surface area contributed by atoms with Gasteiger partial charge < -0.3 is 9.73 Å². The van der Waals surface area contributed by atoms with Crippen LogP contribution in [0, 0.1) is 0 Å². The van der Waals surface area contributed by atoms with Crippen molar-refractivity contribution in [1.82, 2.24) is 10.3 Å². The van der Waals surface area contributed by atoms with Crippen molar-refractivity contribution >= 4 is 0 Å². The van der Waals surface area contributed by atoms with Crippen molar-refractivity contribution in [2.75, 3.05) is 7.05 Å². The van der Waals surface area contributed by atoms with E-state index in [0.717, 1.165) is 18.2 Å². The van der Waals surface area contributed by atoms with Gasteiger partial charge in [-0.3, -0.25) is 0 Å². The number of rotatable bonds is 3. The van der Waals surface area contributed by atoms with E-state index in [0.29, 0.717) is 5.92 Å². The molecule has 1 aromatic heterocycles. The molecule has 3 nitrogen and oxygen atoms in total. The first-order valence-corrected chi connectivity index (χ1v) is 6.49. The van der Waals surface area contributed by atoms with Gasteiger partial charge >= 0.3 is 0 Å². The summed E-state index contributed by atoms with van der Waals surface area (Å²) >= 11 is 0. The lowest BCUT2D eigenvalue weighted by molar-refractivity contribution is 0.368. The number of nitrogens with one attached hydrogen (secondary N) is 1. The average molecular weight is 222 g/mol. The van der Waals surface area contributed by atoms with E-state index >= 15 is 0 Å². The van der Waals surface area contributed by atoms with Crippen LogP contribution in [0.25, 0.3) is 0 Å². The van der Waals surface area contributed by atoms with Crippen molar-refractivity contribution < 1.29 is 4.42 Å². The molecule has 1 saturated carbocycles. The standard InChI is InChI=1S/C13H22N2O/c1-14-10-13-15-9-12(16-13)11-7-5-3-2-4-6-8-11/h9,11,14H,2-8,10H2,1H3. The summed E-state index contributed by atoms with van der Waals surface area (Å²) < 4.78 is 5.79. The Labute approximate surface area is 97.6 Å². The van der Waals surface area contributed by atoms with Gasteiger partial charge in [0.1, 0.15) is 5.76 Å². The van der Waals surface area contributed by atoms with Crippen molar-refractivity contribution in [3.05, 3.63) is 17.8 Å². The maximum absolute atomic E-state index is 5.79. The number of oxazole rings is 1. The molecule has 0 unspecified atom stereocenters. The van der Waals surface area contributed by atoms with Crippen LogP contribution in [-0.4, -0.2) is 12.0 Å². The van der Waals surface area contributed by atoms with Gasteiger partial charge in [-0.1, -0.05) is 32.1 Å². The Morgan fingerprint density at radius 1 is 1.25 bits per heavy atom. The molecular weight excluding hydrogens is 200 g/mol. The van der Waals surface area contributed by atoms with E-state index in [4.69, 9.17) is 4.42 Å². The predicted molar refractivity (Wildman–Crippen MR) is 64.3 cm³/mol. The molecule has 1 aromatic rings. The minimum Gasteiger partial charge on any atom is -0.444 e. The van der Waals surface area contributed by atoms with Crippen LogP contribution >= 0.6 is 0 Å². The highest BCUT2D eigenvalue weighted by Crippen LogP contribution is 2.31. The molecule has 0 saturated heterocycles. The van der Waals surface area contributed by atoms with E-state index in [1.54, 1.807) is 0 Å². The fourth-order valence-electron chi connectivity index (χ4n) is 2.49. The lowest BCUT2D eigenvalue weighted by atomic mass is 9.90. The van der Waals surface area contributed by atoms with E-state index in [1.807, 2.05) is 13.2 Å². The fraction of sp³-hybridized carbons (Fsp3) is 0.769. The minimum atomic E-state index is 0.610. The molecule has 90 valence electrons. The van der Waals surface area contributed by atoms with E-state index in [9.17, 15) is 0 Å². The first-order valence-electron chi connectivity index (χ1n) is 6.49.